The van der Waals surface area contributed by atoms with Crippen LogP contribution in [0.1, 0.15) is 45.0 Å². The van der Waals surface area contributed by atoms with Gasteiger partial charge in [0.25, 0.3) is 5.91 Å². The Morgan fingerprint density at radius 3 is 2.90 bits per heavy atom. The largest absolute Gasteiger partial charge is 0.458 e. The number of nitrogens with one attached hydrogen (secondary N) is 1. The summed E-state index contributed by atoms with van der Waals surface area (Å²) in [6, 6.07) is 6.56. The molecule has 0 unspecified atom stereocenters. The van der Waals surface area contributed by atoms with Crippen molar-refractivity contribution >= 4 is 16.9 Å². The van der Waals surface area contributed by atoms with Crippen LogP contribution in [-0.4, -0.2) is 32.3 Å². The minimum absolute atomic E-state index is 0.159. The SMILES string of the molecule is Cc1cccc2oc([C@H]3c4nc[nH]c4CCN3C(=O)c3ocnc3C(F)(F)F)cc12. The number of fused-ring (bicyclic) bond motifs is 2. The molecule has 0 bridgehead atoms. The number of furan rings is 1. The lowest BCUT2D eigenvalue weighted by molar-refractivity contribution is -0.141. The summed E-state index contributed by atoms with van der Waals surface area (Å²) >= 11 is 0. The number of aryl methyl sites for hydroxylation is 1. The van der Waals surface area contributed by atoms with Crippen molar-refractivity contribution in [3.8, 4) is 0 Å². The van der Waals surface area contributed by atoms with Crippen molar-refractivity contribution in [2.24, 2.45) is 0 Å². The van der Waals surface area contributed by atoms with Crippen LogP contribution in [0.3, 0.4) is 0 Å². The molecule has 5 rings (SSSR count). The maximum Gasteiger partial charge on any atom is 0.437 e. The number of nitrogens with zero attached hydrogens (tertiary/aromatic N) is 3. The Balaban J connectivity index is 1.63. The number of carbonyl (C=O) groups is 1. The van der Waals surface area contributed by atoms with Gasteiger partial charge in [0.05, 0.1) is 12.0 Å². The number of amides is 1. The summed E-state index contributed by atoms with van der Waals surface area (Å²) in [5.74, 6) is -1.36. The van der Waals surface area contributed by atoms with E-state index in [4.69, 9.17) is 8.83 Å². The van der Waals surface area contributed by atoms with Gasteiger partial charge in [-0.25, -0.2) is 9.97 Å². The molecule has 1 aromatic carbocycles. The van der Waals surface area contributed by atoms with Gasteiger partial charge in [-0.1, -0.05) is 12.1 Å². The summed E-state index contributed by atoms with van der Waals surface area (Å²) in [7, 11) is 0. The molecule has 4 heterocycles. The van der Waals surface area contributed by atoms with Gasteiger partial charge in [0, 0.05) is 24.0 Å². The van der Waals surface area contributed by atoms with Crippen LogP contribution >= 0.6 is 0 Å². The fourth-order valence-electron chi connectivity index (χ4n) is 3.87. The molecule has 1 aliphatic heterocycles. The molecular weight excluding hydrogens is 401 g/mol. The summed E-state index contributed by atoms with van der Waals surface area (Å²) in [4.78, 5) is 25.0. The molecule has 0 saturated carbocycles. The summed E-state index contributed by atoms with van der Waals surface area (Å²) in [5, 5.41) is 0.859. The molecule has 1 atom stereocenters. The van der Waals surface area contributed by atoms with E-state index >= 15 is 0 Å². The Morgan fingerprint density at radius 1 is 1.30 bits per heavy atom. The van der Waals surface area contributed by atoms with Gasteiger partial charge in [-0.2, -0.15) is 13.2 Å². The summed E-state index contributed by atoms with van der Waals surface area (Å²) in [6.07, 6.45) is -2.28. The molecule has 1 N–H and O–H groups in total. The molecule has 0 radical (unpaired) electrons. The van der Waals surface area contributed by atoms with Gasteiger partial charge < -0.3 is 18.7 Å². The van der Waals surface area contributed by atoms with Crippen molar-refractivity contribution < 1.29 is 26.8 Å². The van der Waals surface area contributed by atoms with Gasteiger partial charge in [-0.15, -0.1) is 0 Å². The first kappa shape index (κ1) is 18.5. The number of hydrogen-bond acceptors (Lipinski definition) is 5. The zero-order valence-corrected chi connectivity index (χ0v) is 15.7. The second-order valence-corrected chi connectivity index (χ2v) is 7.08. The molecule has 0 aliphatic carbocycles. The number of rotatable bonds is 2. The van der Waals surface area contributed by atoms with Crippen LogP contribution in [0, 0.1) is 6.92 Å². The number of H-pyrrole nitrogens is 1. The number of imidazole rings is 1. The molecule has 30 heavy (non-hydrogen) atoms. The van der Waals surface area contributed by atoms with Gasteiger partial charge >= 0.3 is 6.18 Å². The highest BCUT2D eigenvalue weighted by Gasteiger charge is 2.44. The van der Waals surface area contributed by atoms with Crippen molar-refractivity contribution in [2.45, 2.75) is 25.6 Å². The van der Waals surface area contributed by atoms with Crippen molar-refractivity contribution in [3.05, 3.63) is 71.2 Å². The fourth-order valence-corrected chi connectivity index (χ4v) is 3.87. The molecule has 0 fully saturated rings. The number of oxazole rings is 1. The van der Waals surface area contributed by atoms with Crippen molar-refractivity contribution in [3.63, 3.8) is 0 Å². The second kappa shape index (κ2) is 6.48. The first-order valence-electron chi connectivity index (χ1n) is 9.17. The van der Waals surface area contributed by atoms with E-state index in [9.17, 15) is 18.0 Å². The number of hydrogen-bond donors (Lipinski definition) is 1. The molecular formula is C20H15F3N4O3. The number of halogens is 3. The Hall–Kier alpha value is -3.56. The van der Waals surface area contributed by atoms with E-state index in [-0.39, 0.29) is 6.54 Å². The van der Waals surface area contributed by atoms with Gasteiger partial charge in [-0.3, -0.25) is 4.79 Å². The third kappa shape index (κ3) is 2.78. The van der Waals surface area contributed by atoms with E-state index < -0.39 is 29.6 Å². The maximum atomic E-state index is 13.3. The second-order valence-electron chi connectivity index (χ2n) is 7.08. The quantitative estimate of drug-likeness (QED) is 0.528. The molecule has 10 heteroatoms. The molecule has 1 amide bonds. The van der Waals surface area contributed by atoms with Gasteiger partial charge in [0.1, 0.15) is 17.4 Å². The molecule has 3 aromatic heterocycles. The summed E-state index contributed by atoms with van der Waals surface area (Å²) < 4.78 is 50.7. The first-order valence-corrected chi connectivity index (χ1v) is 9.17. The van der Waals surface area contributed by atoms with Crippen molar-refractivity contribution in [1.29, 1.82) is 0 Å². The van der Waals surface area contributed by atoms with Crippen LogP contribution in [0.15, 0.2) is 45.8 Å². The Labute approximate surface area is 167 Å². The average molecular weight is 416 g/mol. The van der Waals surface area contributed by atoms with E-state index in [2.05, 4.69) is 15.0 Å². The van der Waals surface area contributed by atoms with Gasteiger partial charge in [-0.05, 0) is 24.6 Å². The maximum absolute atomic E-state index is 13.3. The van der Waals surface area contributed by atoms with Crippen LogP contribution < -0.4 is 0 Å². The van der Waals surface area contributed by atoms with Gasteiger partial charge in [0.15, 0.2) is 12.1 Å². The highest BCUT2D eigenvalue weighted by molar-refractivity contribution is 5.93. The molecule has 1 aliphatic rings. The predicted molar refractivity (Wildman–Crippen MR) is 97.6 cm³/mol. The highest BCUT2D eigenvalue weighted by atomic mass is 19.4. The van der Waals surface area contributed by atoms with Crippen LogP contribution in [0.2, 0.25) is 0 Å². The smallest absolute Gasteiger partial charge is 0.437 e. The third-order valence-electron chi connectivity index (χ3n) is 5.28. The minimum atomic E-state index is -4.81. The number of aromatic nitrogens is 3. The van der Waals surface area contributed by atoms with E-state index in [0.29, 0.717) is 29.9 Å². The predicted octanol–water partition coefficient (Wildman–Crippen LogP) is 4.26. The minimum Gasteiger partial charge on any atom is -0.458 e. The van der Waals surface area contributed by atoms with E-state index in [1.54, 1.807) is 12.1 Å². The van der Waals surface area contributed by atoms with E-state index in [1.165, 1.54) is 11.2 Å². The first-order chi connectivity index (χ1) is 14.3. The zero-order chi connectivity index (χ0) is 21.0. The zero-order valence-electron chi connectivity index (χ0n) is 15.7. The summed E-state index contributed by atoms with van der Waals surface area (Å²) in [6.45, 7) is 2.09. The van der Waals surface area contributed by atoms with Crippen LogP contribution in [-0.2, 0) is 12.6 Å². The number of benzene rings is 1. The fraction of sp³-hybridized carbons (Fsp3) is 0.250. The topological polar surface area (TPSA) is 88.2 Å². The monoisotopic (exact) mass is 416 g/mol. The Morgan fingerprint density at radius 2 is 2.13 bits per heavy atom. The normalized spacial score (nSPS) is 16.8. The lowest BCUT2D eigenvalue weighted by Crippen LogP contribution is -2.41. The lowest BCUT2D eigenvalue weighted by Gasteiger charge is -2.33. The van der Waals surface area contributed by atoms with E-state index in [0.717, 1.165) is 16.6 Å². The highest BCUT2D eigenvalue weighted by Crippen LogP contribution is 2.39. The van der Waals surface area contributed by atoms with Gasteiger partial charge in [0.2, 0.25) is 5.76 Å². The lowest BCUT2D eigenvalue weighted by atomic mass is 9.99. The average Bonchev–Trinajstić information content (AvgIpc) is 3.44. The third-order valence-corrected chi connectivity index (χ3v) is 5.28. The van der Waals surface area contributed by atoms with Crippen molar-refractivity contribution in [1.82, 2.24) is 19.9 Å². The molecule has 7 nitrogen and oxygen atoms in total. The number of alkyl halides is 3. The standard InChI is InChI=1S/C20H15F3N4O3/c1-10-3-2-4-13-11(10)7-14(30-13)16-15-12(24-8-25-15)5-6-27(16)19(28)17-18(20(21,22)23)26-9-29-17/h2-4,7-9,16H,5-6H2,1H3,(H,24,25)/t16-/m0/s1. The van der Waals surface area contributed by atoms with Crippen LogP contribution in [0.4, 0.5) is 13.2 Å². The number of aromatic amines is 1. The van der Waals surface area contributed by atoms with Crippen LogP contribution in [0.25, 0.3) is 11.0 Å². The molecule has 0 spiro atoms. The Kier molecular flexibility index (Phi) is 3.99. The van der Waals surface area contributed by atoms with Crippen LogP contribution in [0.5, 0.6) is 0 Å². The molecule has 0 saturated heterocycles. The molecule has 154 valence electrons. The van der Waals surface area contributed by atoms with Crippen molar-refractivity contribution in [2.75, 3.05) is 6.54 Å². The Bertz CT molecular complexity index is 1250. The molecule has 4 aromatic rings. The van der Waals surface area contributed by atoms with E-state index in [1.807, 2.05) is 19.1 Å². The number of carbonyl (C=O) groups excluding carboxylic acids is 1. The summed E-state index contributed by atoms with van der Waals surface area (Å²) in [5.41, 5.74) is 1.58.